The summed E-state index contributed by atoms with van der Waals surface area (Å²) in [6.07, 6.45) is -1.55. The van der Waals surface area contributed by atoms with E-state index in [1.54, 1.807) is 47.4 Å². The number of nitrogens with one attached hydrogen (secondary N) is 10. The van der Waals surface area contributed by atoms with Crippen LogP contribution < -0.4 is 53.4 Å². The molecule has 1 unspecified atom stereocenters. The molecule has 1 fully saturated rings. The number of benzene rings is 2. The third-order valence-electron chi connectivity index (χ3n) is 18.8. The Bertz CT molecular complexity index is 3810. The quantitative estimate of drug-likeness (QED) is 0.00943. The second kappa shape index (κ2) is 52.3. The lowest BCUT2D eigenvalue weighted by atomic mass is 9.92. The number of amides is 10. The van der Waals surface area contributed by atoms with Crippen LogP contribution in [0, 0.1) is 11.8 Å². The average molecular weight is 1700 g/mol. The molecule has 117 heavy (non-hydrogen) atoms. The van der Waals surface area contributed by atoms with E-state index in [0.717, 1.165) is 58.7 Å². The number of carboxylic acids is 5. The Morgan fingerprint density at radius 3 is 1.86 bits per heavy atom. The summed E-state index contributed by atoms with van der Waals surface area (Å²) in [7, 11) is 4.08. The van der Waals surface area contributed by atoms with Crippen molar-refractivity contribution in [3.8, 4) is 5.75 Å². The predicted molar refractivity (Wildman–Crippen MR) is 427 cm³/mol. The molecular formula is C76H111N13O25S3. The van der Waals surface area contributed by atoms with Crippen LogP contribution in [0.4, 0.5) is 9.59 Å². The molecule has 0 aliphatic carbocycles. The monoisotopic (exact) mass is 1700 g/mol. The van der Waals surface area contributed by atoms with Gasteiger partial charge in [0.1, 0.15) is 53.3 Å². The van der Waals surface area contributed by atoms with Gasteiger partial charge >= 0.3 is 53.9 Å². The Balaban J connectivity index is 1.32. The molecule has 1 aliphatic rings. The lowest BCUT2D eigenvalue weighted by molar-refractivity contribution is -0.160. The normalized spacial score (nSPS) is 15.5. The molecule has 0 saturated carbocycles. The van der Waals surface area contributed by atoms with Crippen molar-refractivity contribution < 1.29 is 122 Å². The van der Waals surface area contributed by atoms with Gasteiger partial charge in [0.05, 0.1) is 12.5 Å². The highest BCUT2D eigenvalue weighted by Crippen LogP contribution is 2.32. The van der Waals surface area contributed by atoms with Gasteiger partial charge in [-0.2, -0.15) is 0 Å². The van der Waals surface area contributed by atoms with Gasteiger partial charge in [0, 0.05) is 99.5 Å². The zero-order chi connectivity index (χ0) is 86.8. The Kier molecular flexibility index (Phi) is 44.3. The lowest BCUT2D eigenvalue weighted by Gasteiger charge is -2.40. The summed E-state index contributed by atoms with van der Waals surface area (Å²) >= 11 is 1.05. The van der Waals surface area contributed by atoms with Crippen LogP contribution in [0.3, 0.4) is 0 Å². The highest BCUT2D eigenvalue weighted by atomic mass is 33.1. The largest absolute Gasteiger partial charge is 0.508 e. The molecule has 0 spiro atoms. The first-order valence-electron chi connectivity index (χ1n) is 38.5. The van der Waals surface area contributed by atoms with Crippen LogP contribution in [-0.2, 0) is 89.4 Å². The number of piperidine rings is 1. The van der Waals surface area contributed by atoms with Crippen molar-refractivity contribution in [2.45, 2.75) is 231 Å². The molecule has 1 saturated heterocycles. The van der Waals surface area contributed by atoms with Crippen LogP contribution in [0.15, 0.2) is 60.0 Å². The van der Waals surface area contributed by atoms with E-state index in [2.05, 4.69) is 59.7 Å². The third-order valence-corrected chi connectivity index (χ3v) is 22.1. The van der Waals surface area contributed by atoms with Gasteiger partial charge in [-0.25, -0.2) is 34.4 Å². The number of phenols is 1. The number of carboxylic acid groups (broad SMARTS) is 5. The molecule has 1 aliphatic heterocycles. The van der Waals surface area contributed by atoms with Gasteiger partial charge in [0.25, 0.3) is 5.91 Å². The molecule has 2 aromatic carbocycles. The fraction of sp³-hybridized carbons (Fsp3) is 0.592. The highest BCUT2D eigenvalue weighted by Gasteiger charge is 2.39. The number of nitrogens with zero attached hydrogens (tertiary/aromatic N) is 3. The topological polar surface area (TPSA) is 562 Å². The number of aromatic nitrogens is 1. The lowest BCUT2D eigenvalue weighted by Crippen LogP contribution is -2.57. The van der Waals surface area contributed by atoms with E-state index in [1.807, 2.05) is 45.3 Å². The molecule has 16 N–H and O–H groups in total. The summed E-state index contributed by atoms with van der Waals surface area (Å²) in [6, 6.07) is 2.15. The van der Waals surface area contributed by atoms with E-state index < -0.39 is 188 Å². The number of aromatic hydroxyl groups is 1. The smallest absolute Gasteiger partial charge is 0.426 e. The Labute approximate surface area is 689 Å². The van der Waals surface area contributed by atoms with E-state index in [-0.39, 0.29) is 110 Å². The van der Waals surface area contributed by atoms with Gasteiger partial charge in [-0.15, -0.1) is 11.3 Å². The van der Waals surface area contributed by atoms with Gasteiger partial charge in [0.2, 0.25) is 35.4 Å². The minimum absolute atomic E-state index is 0.00781. The van der Waals surface area contributed by atoms with Crippen molar-refractivity contribution in [2.75, 3.05) is 45.0 Å². The molecule has 4 rings (SSSR count). The molecule has 41 heteroatoms. The van der Waals surface area contributed by atoms with Crippen LogP contribution in [0.2, 0.25) is 0 Å². The SMILES string of the molecule is CCCC(=O)OCN(C(=O)[C@@H](NC[C@H]1CCCCN1C)C(C)CC)[C@H](C[C@@H](OC(C)=O)c1nc(C(=O)N[C@H](CCC(=O)NNC(=O)OCCSSC[C@H](NC(=O)[C@H](Cc2ccccc2)NC(=O)[C@H](CC(=O)O)NC(=O)CC[C@@H](C)NC(=O)CC[C@H](NC(=O)N[C@@H](CCC(=O)O)C(=O)O)C(=O)O)C(=O)O)Cc2ccc(O)cc2)cs1)C(C)C. The summed E-state index contributed by atoms with van der Waals surface area (Å²) in [4.78, 5) is 214. The fourth-order valence-corrected chi connectivity index (χ4v) is 15.0. The van der Waals surface area contributed by atoms with Crippen LogP contribution in [0.5, 0.6) is 5.75 Å². The first kappa shape index (κ1) is 99.0. The molecule has 12 atom stereocenters. The number of esters is 2. The standard InChI is InChI=1S/C76H111N13O25S3/c1-9-16-65(99)113-42-89(71(103)66(44(5)10-2)77-39-50-19-14-15-32-88(50)8)58(43(3)4)38-59(114-46(7)90)70-83-56(40-115-70)69(102)79-49(35-48-21-24-51(91)25-22-48)23-29-62(94)86-87-76(111)112-33-34-116-117-41-57(74(108)109)82-67(100)54(36-47-17-12-11-13-18-47)81-68(101)55(37-64(97)98)80-61(93)28-20-45(6)78-60(92)30-26-52(72(104)105)84-75(110)85-53(73(106)107)27-31-63(95)96/h11-13,17-18,21-22,24-25,40,43-45,49-50,52-55,57-59,66,77,91H,9-10,14-16,19-20,23,26-39,41-42H2,1-8H3,(H,78,92)(H,79,102)(H,80,93)(H,81,101)(H,82,100)(H,86,94)(H,87,111)(H,95,96)(H,97,98)(H,104,105)(H,106,107)(H,108,109)(H2,84,85,110)/t44?,45-,49-,50-,52+,53+,54+,55+,57+,58-,59-,66+/m1/s1. The molecular weight excluding hydrogens is 1590 g/mol. The van der Waals surface area contributed by atoms with Crippen molar-refractivity contribution in [2.24, 2.45) is 11.8 Å². The van der Waals surface area contributed by atoms with E-state index in [9.17, 15) is 97.5 Å². The number of ether oxygens (including phenoxy) is 3. The van der Waals surface area contributed by atoms with Crippen molar-refractivity contribution in [1.29, 1.82) is 0 Å². The number of urea groups is 1. The van der Waals surface area contributed by atoms with Gasteiger partial charge in [0.15, 0.2) is 12.8 Å². The Hall–Kier alpha value is -10.4. The van der Waals surface area contributed by atoms with Gasteiger partial charge in [-0.1, -0.05) is 112 Å². The van der Waals surface area contributed by atoms with Crippen molar-refractivity contribution >= 4 is 128 Å². The number of carbonyl (C=O) groups is 16. The van der Waals surface area contributed by atoms with Crippen LogP contribution in [0.25, 0.3) is 0 Å². The molecule has 0 radical (unpaired) electrons. The van der Waals surface area contributed by atoms with E-state index in [1.165, 1.54) is 31.4 Å². The maximum atomic E-state index is 15.0. The average Bonchev–Trinajstić information content (AvgIpc) is 1.79. The number of hydrazine groups is 1. The van der Waals surface area contributed by atoms with E-state index in [4.69, 9.17) is 19.3 Å². The summed E-state index contributed by atoms with van der Waals surface area (Å²) in [5.74, 6) is -14.6. The molecule has 3 aromatic rings. The Morgan fingerprint density at radius 1 is 0.641 bits per heavy atom. The number of carbonyl (C=O) groups excluding carboxylic acids is 11. The molecule has 1 aromatic heterocycles. The predicted octanol–water partition coefficient (Wildman–Crippen LogP) is 4.14. The second-order valence-corrected chi connectivity index (χ2v) is 32.1. The van der Waals surface area contributed by atoms with Crippen LogP contribution >= 0.6 is 32.9 Å². The summed E-state index contributed by atoms with van der Waals surface area (Å²) < 4.78 is 16.8. The highest BCUT2D eigenvalue weighted by molar-refractivity contribution is 8.76. The number of aliphatic carboxylic acids is 5. The molecule has 38 nitrogen and oxygen atoms in total. The minimum Gasteiger partial charge on any atom is -0.508 e. The summed E-state index contributed by atoms with van der Waals surface area (Å²) in [5, 5.41) is 79.5. The maximum Gasteiger partial charge on any atom is 0.426 e. The molecule has 10 amide bonds. The zero-order valence-corrected chi connectivity index (χ0v) is 69.2. The number of likely N-dealkylation sites (N-methyl/N-ethyl adjacent to an activating group) is 1. The van der Waals surface area contributed by atoms with Crippen molar-refractivity contribution in [3.63, 3.8) is 0 Å². The molecule has 648 valence electrons. The number of hydrogen-bond acceptors (Lipinski definition) is 26. The summed E-state index contributed by atoms with van der Waals surface area (Å²) in [6.45, 7) is 13.2. The van der Waals surface area contributed by atoms with E-state index >= 15 is 4.79 Å². The van der Waals surface area contributed by atoms with Crippen molar-refractivity contribution in [1.82, 2.24) is 68.2 Å². The second-order valence-electron chi connectivity index (χ2n) is 28.6. The maximum absolute atomic E-state index is 15.0. The fourth-order valence-electron chi connectivity index (χ4n) is 12.2. The summed E-state index contributed by atoms with van der Waals surface area (Å²) in [5.41, 5.74) is 5.51. The van der Waals surface area contributed by atoms with Crippen molar-refractivity contribution in [3.05, 3.63) is 81.8 Å². The van der Waals surface area contributed by atoms with Gasteiger partial charge in [-0.05, 0) is 107 Å². The zero-order valence-electron chi connectivity index (χ0n) is 66.8. The minimum atomic E-state index is -1.79. The van der Waals surface area contributed by atoms with E-state index in [0.29, 0.717) is 30.5 Å². The number of likely N-dealkylation sites (tertiary alicyclic amines) is 1. The number of phenolic OH excluding ortho intramolecular Hbond substituents is 1. The first-order chi connectivity index (χ1) is 55.5. The van der Waals surface area contributed by atoms with Gasteiger partial charge in [-0.3, -0.25) is 58.2 Å². The van der Waals surface area contributed by atoms with Gasteiger partial charge < -0.3 is 97.2 Å². The van der Waals surface area contributed by atoms with Crippen LogP contribution in [-0.4, -0.2) is 246 Å². The number of rotatable bonds is 53. The molecule has 2 heterocycles. The first-order valence-corrected chi connectivity index (χ1v) is 41.8. The number of hydrogen-bond donors (Lipinski definition) is 16. The number of thiazole rings is 1. The Morgan fingerprint density at radius 2 is 1.26 bits per heavy atom. The molecule has 0 bridgehead atoms. The van der Waals surface area contributed by atoms with Crippen LogP contribution in [0.1, 0.15) is 184 Å². The third kappa shape index (κ3) is 38.1.